The number of anilines is 1. The van der Waals surface area contributed by atoms with Gasteiger partial charge < -0.3 is 20.6 Å². The summed E-state index contributed by atoms with van der Waals surface area (Å²) in [6.45, 7) is 4.35. The minimum Gasteiger partial charge on any atom is -0.391 e. The van der Waals surface area contributed by atoms with Crippen LogP contribution in [0.3, 0.4) is 0 Å². The van der Waals surface area contributed by atoms with Crippen LogP contribution in [-0.4, -0.2) is 55.1 Å². The minimum absolute atomic E-state index is 0.247. The number of likely N-dealkylation sites (N-methyl/N-ethyl adjacent to an activating group) is 1. The van der Waals surface area contributed by atoms with Crippen molar-refractivity contribution in [3.8, 4) is 0 Å². The SMILES string of the molecule is CCSc1cccc(N2CC(O)CC2CN(C)C)c1CN. The van der Waals surface area contributed by atoms with Crippen LogP contribution in [0.1, 0.15) is 18.9 Å². The normalized spacial score (nSPS) is 22.3. The Morgan fingerprint density at radius 1 is 1.43 bits per heavy atom. The summed E-state index contributed by atoms with van der Waals surface area (Å²) < 4.78 is 0. The van der Waals surface area contributed by atoms with E-state index in [9.17, 15) is 5.11 Å². The van der Waals surface area contributed by atoms with Gasteiger partial charge in [-0.2, -0.15) is 0 Å². The first-order chi connectivity index (χ1) is 10.1. The number of thioether (sulfide) groups is 1. The number of nitrogens with zero attached hydrogens (tertiary/aromatic N) is 2. The fourth-order valence-electron chi connectivity index (χ4n) is 3.10. The Kier molecular flexibility index (Phi) is 5.93. The van der Waals surface area contributed by atoms with E-state index in [4.69, 9.17) is 5.73 Å². The molecule has 118 valence electrons. The van der Waals surface area contributed by atoms with Gasteiger partial charge in [-0.25, -0.2) is 0 Å². The third kappa shape index (κ3) is 3.92. The monoisotopic (exact) mass is 309 g/mol. The standard InChI is InChI=1S/C16H27N3OS/c1-4-21-16-7-5-6-15(14(16)9-17)19-11-13(20)8-12(19)10-18(2)3/h5-7,12-13,20H,4,8-11,17H2,1-3H3. The van der Waals surface area contributed by atoms with Crippen molar-refractivity contribution in [2.75, 3.05) is 37.8 Å². The van der Waals surface area contributed by atoms with Crippen molar-refractivity contribution in [1.82, 2.24) is 4.90 Å². The predicted molar refractivity (Wildman–Crippen MR) is 91.0 cm³/mol. The molecule has 3 N–H and O–H groups in total. The molecule has 2 rings (SSSR count). The molecule has 1 aliphatic heterocycles. The molecule has 0 aliphatic carbocycles. The van der Waals surface area contributed by atoms with Crippen molar-refractivity contribution < 1.29 is 5.11 Å². The Morgan fingerprint density at radius 2 is 2.19 bits per heavy atom. The summed E-state index contributed by atoms with van der Waals surface area (Å²) in [5.74, 6) is 1.04. The fourth-order valence-corrected chi connectivity index (χ4v) is 3.95. The van der Waals surface area contributed by atoms with Gasteiger partial charge in [-0.1, -0.05) is 13.0 Å². The fraction of sp³-hybridized carbons (Fsp3) is 0.625. The van der Waals surface area contributed by atoms with Crippen LogP contribution >= 0.6 is 11.8 Å². The highest BCUT2D eigenvalue weighted by Crippen LogP contribution is 2.34. The van der Waals surface area contributed by atoms with Crippen LogP contribution in [0.4, 0.5) is 5.69 Å². The van der Waals surface area contributed by atoms with E-state index in [0.717, 1.165) is 18.7 Å². The first-order valence-corrected chi connectivity index (χ1v) is 8.59. The van der Waals surface area contributed by atoms with Gasteiger partial charge in [0, 0.05) is 41.8 Å². The summed E-state index contributed by atoms with van der Waals surface area (Å²) >= 11 is 1.84. The zero-order valence-electron chi connectivity index (χ0n) is 13.2. The van der Waals surface area contributed by atoms with Gasteiger partial charge in [0.15, 0.2) is 0 Å². The van der Waals surface area contributed by atoms with Crippen molar-refractivity contribution in [2.45, 2.75) is 36.9 Å². The average Bonchev–Trinajstić information content (AvgIpc) is 2.78. The van der Waals surface area contributed by atoms with Crippen molar-refractivity contribution in [1.29, 1.82) is 0 Å². The minimum atomic E-state index is -0.247. The molecule has 1 aromatic carbocycles. The van der Waals surface area contributed by atoms with E-state index in [0.29, 0.717) is 19.1 Å². The Morgan fingerprint density at radius 3 is 2.81 bits per heavy atom. The molecule has 1 fully saturated rings. The summed E-state index contributed by atoms with van der Waals surface area (Å²) in [7, 11) is 4.16. The molecule has 0 amide bonds. The van der Waals surface area contributed by atoms with E-state index in [1.54, 1.807) is 0 Å². The van der Waals surface area contributed by atoms with Gasteiger partial charge in [0.25, 0.3) is 0 Å². The highest BCUT2D eigenvalue weighted by molar-refractivity contribution is 7.99. The number of aliphatic hydroxyl groups is 1. The molecular weight excluding hydrogens is 282 g/mol. The third-order valence-electron chi connectivity index (χ3n) is 3.89. The van der Waals surface area contributed by atoms with E-state index in [1.165, 1.54) is 16.1 Å². The van der Waals surface area contributed by atoms with Gasteiger partial charge in [-0.15, -0.1) is 11.8 Å². The van der Waals surface area contributed by atoms with E-state index >= 15 is 0 Å². The third-order valence-corrected chi connectivity index (χ3v) is 4.87. The molecule has 5 heteroatoms. The van der Waals surface area contributed by atoms with Gasteiger partial charge in [-0.05, 0) is 38.4 Å². The molecule has 4 nitrogen and oxygen atoms in total. The van der Waals surface area contributed by atoms with Gasteiger partial charge in [0.1, 0.15) is 0 Å². The van der Waals surface area contributed by atoms with Crippen LogP contribution in [-0.2, 0) is 6.54 Å². The first-order valence-electron chi connectivity index (χ1n) is 7.61. The molecule has 0 radical (unpaired) electrons. The Hall–Kier alpha value is -0.750. The summed E-state index contributed by atoms with van der Waals surface area (Å²) in [5.41, 5.74) is 8.42. The lowest BCUT2D eigenvalue weighted by Gasteiger charge is -2.31. The van der Waals surface area contributed by atoms with E-state index in [1.807, 2.05) is 11.8 Å². The molecule has 2 atom stereocenters. The average molecular weight is 309 g/mol. The summed E-state index contributed by atoms with van der Waals surface area (Å²) in [6, 6.07) is 6.74. The Labute approximate surface area is 132 Å². The lowest BCUT2D eigenvalue weighted by molar-refractivity contribution is 0.191. The first kappa shape index (κ1) is 16.6. The van der Waals surface area contributed by atoms with Gasteiger partial charge in [0.05, 0.1) is 6.10 Å². The molecule has 1 aromatic rings. The maximum Gasteiger partial charge on any atom is 0.0735 e. The molecule has 2 unspecified atom stereocenters. The van der Waals surface area contributed by atoms with Crippen LogP contribution in [0.25, 0.3) is 0 Å². The summed E-state index contributed by atoms with van der Waals surface area (Å²) in [6.07, 6.45) is 0.580. The second kappa shape index (κ2) is 7.49. The van der Waals surface area contributed by atoms with Crippen molar-refractivity contribution in [3.63, 3.8) is 0 Å². The number of nitrogens with two attached hydrogens (primary N) is 1. The second-order valence-corrected chi connectivity index (χ2v) is 7.15. The zero-order valence-corrected chi connectivity index (χ0v) is 14.1. The molecule has 0 spiro atoms. The topological polar surface area (TPSA) is 52.7 Å². The van der Waals surface area contributed by atoms with Crippen LogP contribution in [0.2, 0.25) is 0 Å². The molecule has 1 saturated heterocycles. The van der Waals surface area contributed by atoms with Crippen molar-refractivity contribution >= 4 is 17.4 Å². The zero-order chi connectivity index (χ0) is 15.4. The molecule has 1 heterocycles. The van der Waals surface area contributed by atoms with Crippen LogP contribution in [0, 0.1) is 0 Å². The van der Waals surface area contributed by atoms with Crippen LogP contribution in [0.15, 0.2) is 23.1 Å². The van der Waals surface area contributed by atoms with Gasteiger partial charge in [0.2, 0.25) is 0 Å². The highest BCUT2D eigenvalue weighted by Gasteiger charge is 2.32. The number of hydrogen-bond acceptors (Lipinski definition) is 5. The lowest BCUT2D eigenvalue weighted by atomic mass is 10.1. The van der Waals surface area contributed by atoms with Gasteiger partial charge in [-0.3, -0.25) is 0 Å². The van der Waals surface area contributed by atoms with Crippen LogP contribution < -0.4 is 10.6 Å². The number of aliphatic hydroxyl groups excluding tert-OH is 1. The summed E-state index contributed by atoms with van der Waals surface area (Å²) in [5, 5.41) is 10.1. The molecular formula is C16H27N3OS. The second-order valence-electron chi connectivity index (χ2n) is 5.85. The highest BCUT2D eigenvalue weighted by atomic mass is 32.2. The quantitative estimate of drug-likeness (QED) is 0.784. The number of hydrogen-bond donors (Lipinski definition) is 2. The number of benzene rings is 1. The molecule has 0 aromatic heterocycles. The molecule has 1 aliphatic rings. The van der Waals surface area contributed by atoms with Crippen LogP contribution in [0.5, 0.6) is 0 Å². The predicted octanol–water partition coefficient (Wildman–Crippen LogP) is 1.76. The molecule has 0 saturated carbocycles. The number of β-amino-alcohol motifs (C(OH)–C–C–N with tert-alkyl or cyclic N) is 1. The van der Waals surface area contributed by atoms with E-state index in [-0.39, 0.29) is 6.10 Å². The molecule has 0 bridgehead atoms. The molecule has 21 heavy (non-hydrogen) atoms. The van der Waals surface area contributed by atoms with E-state index < -0.39 is 0 Å². The van der Waals surface area contributed by atoms with E-state index in [2.05, 4.69) is 49.0 Å². The maximum atomic E-state index is 10.1. The number of rotatable bonds is 6. The van der Waals surface area contributed by atoms with Crippen molar-refractivity contribution in [3.05, 3.63) is 23.8 Å². The van der Waals surface area contributed by atoms with Gasteiger partial charge >= 0.3 is 0 Å². The Balaban J connectivity index is 2.32. The lowest BCUT2D eigenvalue weighted by Crippen LogP contribution is -2.38. The largest absolute Gasteiger partial charge is 0.391 e. The smallest absolute Gasteiger partial charge is 0.0735 e. The van der Waals surface area contributed by atoms with Crippen molar-refractivity contribution in [2.24, 2.45) is 5.73 Å². The maximum absolute atomic E-state index is 10.1. The Bertz CT molecular complexity index is 467. The summed E-state index contributed by atoms with van der Waals surface area (Å²) in [4.78, 5) is 5.79.